The predicted octanol–water partition coefficient (Wildman–Crippen LogP) is 2.96. The smallest absolute Gasteiger partial charge is 0.126 e. The summed E-state index contributed by atoms with van der Waals surface area (Å²) in [7, 11) is 0. The average molecular weight is 259 g/mol. The number of benzene rings is 2. The zero-order valence-corrected chi connectivity index (χ0v) is 10.9. The van der Waals surface area contributed by atoms with Crippen LogP contribution in [-0.2, 0) is 6.54 Å². The van der Waals surface area contributed by atoms with Crippen molar-refractivity contribution >= 4 is 0 Å². The molecule has 100 valence electrons. The van der Waals surface area contributed by atoms with E-state index in [1.165, 1.54) is 11.6 Å². The van der Waals surface area contributed by atoms with E-state index in [0.29, 0.717) is 18.7 Å². The van der Waals surface area contributed by atoms with Crippen LogP contribution in [0, 0.1) is 12.7 Å². The fourth-order valence-electron chi connectivity index (χ4n) is 1.94. The van der Waals surface area contributed by atoms with Crippen molar-refractivity contribution in [2.24, 2.45) is 0 Å². The normalized spacial score (nSPS) is 12.4. The Bertz CT molecular complexity index is 528. The van der Waals surface area contributed by atoms with Gasteiger partial charge in [-0.25, -0.2) is 4.39 Å². The second-order valence-electron chi connectivity index (χ2n) is 4.64. The van der Waals surface area contributed by atoms with Crippen LogP contribution in [0.2, 0.25) is 0 Å². The Hall–Kier alpha value is -1.71. The van der Waals surface area contributed by atoms with Gasteiger partial charge in [0.1, 0.15) is 5.82 Å². The van der Waals surface area contributed by atoms with E-state index >= 15 is 0 Å². The SMILES string of the molecule is Cc1cc(C(O)CNCc2ccccc2)ccc1F. The van der Waals surface area contributed by atoms with E-state index in [4.69, 9.17) is 0 Å². The molecule has 0 heterocycles. The summed E-state index contributed by atoms with van der Waals surface area (Å²) in [6.07, 6.45) is -0.622. The number of aryl methyl sites for hydroxylation is 1. The lowest BCUT2D eigenvalue weighted by atomic mass is 10.1. The molecule has 0 amide bonds. The topological polar surface area (TPSA) is 32.3 Å². The van der Waals surface area contributed by atoms with E-state index in [1.54, 1.807) is 19.1 Å². The number of nitrogens with one attached hydrogen (secondary N) is 1. The van der Waals surface area contributed by atoms with Crippen LogP contribution in [0.1, 0.15) is 22.8 Å². The molecule has 0 saturated carbocycles. The molecule has 3 heteroatoms. The van der Waals surface area contributed by atoms with Crippen LogP contribution >= 0.6 is 0 Å². The quantitative estimate of drug-likeness (QED) is 0.865. The molecule has 1 unspecified atom stereocenters. The molecule has 0 aliphatic rings. The van der Waals surface area contributed by atoms with Gasteiger partial charge in [0.2, 0.25) is 0 Å². The third-order valence-electron chi connectivity index (χ3n) is 3.08. The summed E-state index contributed by atoms with van der Waals surface area (Å²) in [5, 5.41) is 13.2. The molecule has 0 bridgehead atoms. The summed E-state index contributed by atoms with van der Waals surface area (Å²) < 4.78 is 13.1. The van der Waals surface area contributed by atoms with Gasteiger partial charge in [0.05, 0.1) is 6.10 Å². The molecule has 0 radical (unpaired) electrons. The number of hydrogen-bond acceptors (Lipinski definition) is 2. The van der Waals surface area contributed by atoms with Crippen LogP contribution in [0.5, 0.6) is 0 Å². The second kappa shape index (κ2) is 6.45. The maximum Gasteiger partial charge on any atom is 0.126 e. The highest BCUT2D eigenvalue weighted by atomic mass is 19.1. The van der Waals surface area contributed by atoms with Crippen molar-refractivity contribution in [3.63, 3.8) is 0 Å². The molecule has 2 aromatic rings. The van der Waals surface area contributed by atoms with Gasteiger partial charge < -0.3 is 10.4 Å². The predicted molar refractivity (Wildman–Crippen MR) is 74.2 cm³/mol. The molecule has 0 fully saturated rings. The Morgan fingerprint density at radius 3 is 2.58 bits per heavy atom. The van der Waals surface area contributed by atoms with Crippen LogP contribution in [-0.4, -0.2) is 11.7 Å². The van der Waals surface area contributed by atoms with Crippen LogP contribution in [0.4, 0.5) is 4.39 Å². The summed E-state index contributed by atoms with van der Waals surface area (Å²) in [6, 6.07) is 14.7. The minimum Gasteiger partial charge on any atom is -0.387 e. The van der Waals surface area contributed by atoms with Crippen LogP contribution < -0.4 is 5.32 Å². The van der Waals surface area contributed by atoms with Crippen molar-refractivity contribution in [1.29, 1.82) is 0 Å². The molecule has 2 N–H and O–H groups in total. The summed E-state index contributed by atoms with van der Waals surface area (Å²) in [5.74, 6) is -0.242. The number of aliphatic hydroxyl groups is 1. The Morgan fingerprint density at radius 1 is 1.16 bits per heavy atom. The lowest BCUT2D eigenvalue weighted by Crippen LogP contribution is -2.21. The number of hydrogen-bond donors (Lipinski definition) is 2. The minimum absolute atomic E-state index is 0.242. The molecule has 0 aliphatic carbocycles. The molecule has 0 spiro atoms. The first kappa shape index (κ1) is 13.7. The molecule has 2 nitrogen and oxygen atoms in total. The zero-order valence-electron chi connectivity index (χ0n) is 10.9. The first-order valence-electron chi connectivity index (χ1n) is 6.35. The highest BCUT2D eigenvalue weighted by Crippen LogP contribution is 2.16. The summed E-state index contributed by atoms with van der Waals surface area (Å²) in [5.41, 5.74) is 2.46. The Labute approximate surface area is 112 Å². The van der Waals surface area contributed by atoms with Gasteiger partial charge in [-0.1, -0.05) is 42.5 Å². The third-order valence-corrected chi connectivity index (χ3v) is 3.08. The monoisotopic (exact) mass is 259 g/mol. The van der Waals surface area contributed by atoms with Crippen molar-refractivity contribution in [3.8, 4) is 0 Å². The van der Waals surface area contributed by atoms with E-state index in [1.807, 2.05) is 30.3 Å². The van der Waals surface area contributed by atoms with E-state index < -0.39 is 6.10 Å². The summed E-state index contributed by atoms with van der Waals surface area (Å²) in [6.45, 7) is 2.85. The first-order chi connectivity index (χ1) is 9.16. The fourth-order valence-corrected chi connectivity index (χ4v) is 1.94. The molecule has 2 aromatic carbocycles. The average Bonchev–Trinajstić information content (AvgIpc) is 2.43. The van der Waals surface area contributed by atoms with Gasteiger partial charge in [-0.3, -0.25) is 0 Å². The molecule has 0 saturated heterocycles. The van der Waals surface area contributed by atoms with Gasteiger partial charge in [0, 0.05) is 13.1 Å². The largest absolute Gasteiger partial charge is 0.387 e. The van der Waals surface area contributed by atoms with Gasteiger partial charge in [0.15, 0.2) is 0 Å². The molecular weight excluding hydrogens is 241 g/mol. The van der Waals surface area contributed by atoms with Gasteiger partial charge in [0.25, 0.3) is 0 Å². The number of halogens is 1. The van der Waals surface area contributed by atoms with E-state index in [2.05, 4.69) is 5.32 Å². The molecular formula is C16H18FNO. The first-order valence-corrected chi connectivity index (χ1v) is 6.35. The fraction of sp³-hybridized carbons (Fsp3) is 0.250. The third kappa shape index (κ3) is 3.88. The molecule has 19 heavy (non-hydrogen) atoms. The van der Waals surface area contributed by atoms with Crippen molar-refractivity contribution < 1.29 is 9.50 Å². The number of aliphatic hydroxyl groups excluding tert-OH is 1. The Morgan fingerprint density at radius 2 is 1.89 bits per heavy atom. The maximum absolute atomic E-state index is 13.1. The second-order valence-corrected chi connectivity index (χ2v) is 4.64. The van der Waals surface area contributed by atoms with Gasteiger partial charge >= 0.3 is 0 Å². The molecule has 1 atom stereocenters. The molecule has 2 rings (SSSR count). The van der Waals surface area contributed by atoms with Crippen molar-refractivity contribution in [3.05, 3.63) is 71.0 Å². The van der Waals surface area contributed by atoms with Crippen molar-refractivity contribution in [2.45, 2.75) is 19.6 Å². The number of rotatable bonds is 5. The van der Waals surface area contributed by atoms with Crippen LogP contribution in [0.25, 0.3) is 0 Å². The summed E-state index contributed by atoms with van der Waals surface area (Å²) in [4.78, 5) is 0. The Balaban J connectivity index is 1.87. The van der Waals surface area contributed by atoms with E-state index in [0.717, 1.165) is 5.56 Å². The van der Waals surface area contributed by atoms with Gasteiger partial charge in [-0.05, 0) is 29.7 Å². The van der Waals surface area contributed by atoms with Crippen LogP contribution in [0.3, 0.4) is 0 Å². The minimum atomic E-state index is -0.622. The van der Waals surface area contributed by atoms with Crippen molar-refractivity contribution in [1.82, 2.24) is 5.32 Å². The van der Waals surface area contributed by atoms with Crippen molar-refractivity contribution in [2.75, 3.05) is 6.54 Å². The van der Waals surface area contributed by atoms with Gasteiger partial charge in [-0.15, -0.1) is 0 Å². The lowest BCUT2D eigenvalue weighted by Gasteiger charge is -2.13. The Kier molecular flexibility index (Phi) is 4.66. The van der Waals surface area contributed by atoms with Gasteiger partial charge in [-0.2, -0.15) is 0 Å². The van der Waals surface area contributed by atoms with E-state index in [9.17, 15) is 9.50 Å². The lowest BCUT2D eigenvalue weighted by molar-refractivity contribution is 0.174. The molecule has 0 aliphatic heterocycles. The summed E-state index contributed by atoms with van der Waals surface area (Å²) >= 11 is 0. The maximum atomic E-state index is 13.1. The molecule has 0 aromatic heterocycles. The highest BCUT2D eigenvalue weighted by molar-refractivity contribution is 5.25. The highest BCUT2D eigenvalue weighted by Gasteiger charge is 2.08. The standard InChI is InChI=1S/C16H18FNO/c1-12-9-14(7-8-15(12)17)16(19)11-18-10-13-5-3-2-4-6-13/h2-9,16,18-19H,10-11H2,1H3. The zero-order chi connectivity index (χ0) is 13.7. The van der Waals surface area contributed by atoms with E-state index in [-0.39, 0.29) is 5.82 Å². The van der Waals surface area contributed by atoms with Crippen LogP contribution in [0.15, 0.2) is 48.5 Å².